The van der Waals surface area contributed by atoms with Crippen molar-refractivity contribution in [2.45, 2.75) is 160 Å². The molecule has 0 aromatic carbocycles. The monoisotopic (exact) mass is 742 g/mol. The van der Waals surface area contributed by atoms with Crippen molar-refractivity contribution < 1.29 is 43.0 Å². The van der Waals surface area contributed by atoms with Crippen LogP contribution in [0.1, 0.15) is 94.9 Å². The molecule has 51 heavy (non-hydrogen) atoms. The Kier molecular flexibility index (Phi) is 13.4. The van der Waals surface area contributed by atoms with Crippen LogP contribution in [0.2, 0.25) is 0 Å². The summed E-state index contributed by atoms with van der Waals surface area (Å²) in [7, 11) is 5.83. The van der Waals surface area contributed by atoms with Crippen molar-refractivity contribution >= 4 is 29.0 Å². The molecule has 4 aliphatic rings. The van der Waals surface area contributed by atoms with Gasteiger partial charge < -0.3 is 43.7 Å². The van der Waals surface area contributed by atoms with E-state index in [2.05, 4.69) is 28.8 Å². The standard InChI is InChI=1S/C37H66N4O9S/c1-14-28-37(10)32(38-29(43)19-47-37)23(5)41(13)18-20(2)24-17-36(24,9)33(21(3)26(42)16-30(44)49-28)50-34-31(45)25(40(11)12)15-27(48-34)22(4)39-51(46)35(6,7)8/h20-25,27-28,31-34,39,45H,14-19H2,1-13H3,(H,38,43)/t20-,21-,22?,23+,24?,25?,27-,28+,31+,32+,33+,34-,36+,37+,51?/m0/s1. The van der Waals surface area contributed by atoms with E-state index in [4.69, 9.17) is 18.9 Å². The van der Waals surface area contributed by atoms with Crippen LogP contribution in [-0.4, -0.2) is 137 Å². The maximum atomic E-state index is 14.0. The summed E-state index contributed by atoms with van der Waals surface area (Å²) in [5, 5.41) is 14.8. The Morgan fingerprint density at radius 2 is 1.84 bits per heavy atom. The lowest BCUT2D eigenvalue weighted by atomic mass is 9.82. The molecule has 0 bridgehead atoms. The molecule has 0 aromatic rings. The number of rotatable bonds is 7. The van der Waals surface area contributed by atoms with Crippen molar-refractivity contribution in [2.75, 3.05) is 34.3 Å². The Morgan fingerprint density at radius 3 is 2.43 bits per heavy atom. The number of ketones is 1. The van der Waals surface area contributed by atoms with Crippen LogP contribution in [0.5, 0.6) is 0 Å². The van der Waals surface area contributed by atoms with Gasteiger partial charge in [-0.3, -0.25) is 14.4 Å². The number of ether oxygens (including phenoxy) is 4. The third-order valence-electron chi connectivity index (χ3n) is 12.3. The number of amides is 1. The molecule has 3 aliphatic heterocycles. The van der Waals surface area contributed by atoms with Crippen LogP contribution in [0.3, 0.4) is 0 Å². The molecule has 0 aromatic heterocycles. The maximum Gasteiger partial charge on any atom is 0.313 e. The van der Waals surface area contributed by atoms with Gasteiger partial charge in [0.05, 0.1) is 24.3 Å². The fourth-order valence-corrected chi connectivity index (χ4v) is 9.51. The molecule has 1 aliphatic carbocycles. The maximum absolute atomic E-state index is 14.0. The van der Waals surface area contributed by atoms with Gasteiger partial charge in [0.1, 0.15) is 41.4 Å². The highest BCUT2D eigenvalue weighted by Gasteiger charge is 2.61. The number of carbonyl (C=O) groups excluding carboxylic acids is 3. The number of hydrogen-bond acceptors (Lipinski definition) is 12. The van der Waals surface area contributed by atoms with Gasteiger partial charge in [0.15, 0.2) is 6.29 Å². The highest BCUT2D eigenvalue weighted by atomic mass is 32.2. The van der Waals surface area contributed by atoms with Gasteiger partial charge in [0, 0.05) is 35.9 Å². The van der Waals surface area contributed by atoms with Crippen molar-refractivity contribution in [3.05, 3.63) is 0 Å². The average molecular weight is 743 g/mol. The summed E-state index contributed by atoms with van der Waals surface area (Å²) in [4.78, 5) is 44.3. The van der Waals surface area contributed by atoms with Gasteiger partial charge in [-0.05, 0) is 99.2 Å². The molecule has 3 heterocycles. The largest absolute Gasteiger partial charge is 0.598 e. The second kappa shape index (κ2) is 16.2. The van der Waals surface area contributed by atoms with E-state index in [0.717, 1.165) is 6.42 Å². The Balaban J connectivity index is 1.66. The Hall–Kier alpha value is -1.36. The number of aliphatic hydroxyl groups is 1. The first kappa shape index (κ1) is 42.4. The summed E-state index contributed by atoms with van der Waals surface area (Å²) < 4.78 is 41.2. The van der Waals surface area contributed by atoms with E-state index in [-0.39, 0.29) is 48.3 Å². The minimum Gasteiger partial charge on any atom is -0.598 e. The van der Waals surface area contributed by atoms with E-state index in [9.17, 15) is 24.0 Å². The van der Waals surface area contributed by atoms with E-state index >= 15 is 0 Å². The molecule has 1 amide bonds. The first-order chi connectivity index (χ1) is 23.5. The predicted octanol–water partition coefficient (Wildman–Crippen LogP) is 2.41. The van der Waals surface area contributed by atoms with Gasteiger partial charge in [-0.2, -0.15) is 0 Å². The zero-order valence-corrected chi connectivity index (χ0v) is 34.0. The summed E-state index contributed by atoms with van der Waals surface area (Å²) >= 11 is -1.34. The molecule has 4 fully saturated rings. The van der Waals surface area contributed by atoms with E-state index in [1.807, 2.05) is 74.5 Å². The minimum atomic E-state index is -1.34. The number of nitrogens with zero attached hydrogens (tertiary/aromatic N) is 2. The number of nitrogens with one attached hydrogen (secondary N) is 2. The average Bonchev–Trinajstić information content (AvgIpc) is 3.74. The fourth-order valence-electron chi connectivity index (χ4n) is 8.66. The normalized spacial score (nSPS) is 43.2. The van der Waals surface area contributed by atoms with Crippen LogP contribution >= 0.6 is 0 Å². The Labute approximate surface area is 308 Å². The number of morpholine rings is 1. The summed E-state index contributed by atoms with van der Waals surface area (Å²) in [6, 6.07) is -1.26. The van der Waals surface area contributed by atoms with Gasteiger partial charge in [0.25, 0.3) is 0 Å². The second-order valence-electron chi connectivity index (χ2n) is 17.5. The molecule has 1 saturated carbocycles. The SMILES string of the molecule is CC[C@H]1OC(=O)CC(=O)[C@H](C)[C@@H](O[C@@H]2O[C@H](C(C)N[S+]([O-])C(C)(C)C)CC(N(C)C)[C@H]2O)[C@]2(C)CC2[C@@H](C)CN(C)[C@H](C)[C@H]2NC(=O)CO[C@@]21C. The van der Waals surface area contributed by atoms with Crippen molar-refractivity contribution in [3.8, 4) is 0 Å². The molecule has 14 heteroatoms. The molecule has 0 radical (unpaired) electrons. The van der Waals surface area contributed by atoms with E-state index in [1.54, 1.807) is 6.92 Å². The lowest BCUT2D eigenvalue weighted by molar-refractivity contribution is -0.285. The van der Waals surface area contributed by atoms with Gasteiger partial charge in [-0.15, -0.1) is 4.72 Å². The number of cyclic esters (lactones) is 1. The summed E-state index contributed by atoms with van der Waals surface area (Å²) in [6.45, 7) is 20.1. The van der Waals surface area contributed by atoms with Crippen LogP contribution in [0.4, 0.5) is 0 Å². The van der Waals surface area contributed by atoms with Crippen LogP contribution in [0, 0.1) is 23.2 Å². The summed E-state index contributed by atoms with van der Waals surface area (Å²) in [5.41, 5.74) is -1.46. The first-order valence-corrected chi connectivity index (χ1v) is 19.9. The lowest BCUT2D eigenvalue weighted by Crippen LogP contribution is -2.70. The zero-order valence-electron chi connectivity index (χ0n) is 33.2. The van der Waals surface area contributed by atoms with Gasteiger partial charge in [-0.1, -0.05) is 27.7 Å². The lowest BCUT2D eigenvalue weighted by Gasteiger charge is -2.49. The van der Waals surface area contributed by atoms with Crippen molar-refractivity contribution in [2.24, 2.45) is 23.2 Å². The molecule has 13 nitrogen and oxygen atoms in total. The predicted molar refractivity (Wildman–Crippen MR) is 195 cm³/mol. The number of aliphatic hydroxyl groups excluding tert-OH is 1. The third-order valence-corrected chi connectivity index (χ3v) is 14.0. The molecule has 4 rings (SSSR count). The molecule has 4 unspecified atom stereocenters. The highest BCUT2D eigenvalue weighted by Crippen LogP contribution is 2.61. The van der Waals surface area contributed by atoms with Crippen molar-refractivity contribution in [1.29, 1.82) is 0 Å². The fraction of sp³-hybridized carbons (Fsp3) is 0.919. The number of esters is 1. The topological polar surface area (TPSA) is 162 Å². The van der Waals surface area contributed by atoms with E-state index in [0.29, 0.717) is 19.4 Å². The molecular weight excluding hydrogens is 676 g/mol. The minimum absolute atomic E-state index is 0.142. The number of hydrogen-bond donors (Lipinski definition) is 3. The molecule has 15 atom stereocenters. The van der Waals surface area contributed by atoms with Crippen LogP contribution in [0.25, 0.3) is 0 Å². The Morgan fingerprint density at radius 1 is 1.20 bits per heavy atom. The number of fused-ring (bicyclic) bond motifs is 2. The zero-order chi connectivity index (χ0) is 38.4. The van der Waals surface area contributed by atoms with Crippen LogP contribution in [0.15, 0.2) is 0 Å². The molecular formula is C37H66N4O9S. The van der Waals surface area contributed by atoms with Crippen molar-refractivity contribution in [1.82, 2.24) is 19.8 Å². The molecule has 294 valence electrons. The molecule has 3 saturated heterocycles. The highest BCUT2D eigenvalue weighted by molar-refractivity contribution is 7.90. The smallest absolute Gasteiger partial charge is 0.313 e. The van der Waals surface area contributed by atoms with Crippen molar-refractivity contribution in [3.63, 3.8) is 0 Å². The first-order valence-electron chi connectivity index (χ1n) is 18.7. The second-order valence-corrected chi connectivity index (χ2v) is 19.5. The number of likely N-dealkylation sites (N-methyl/N-ethyl adjacent to an activating group) is 2. The van der Waals surface area contributed by atoms with Gasteiger partial charge >= 0.3 is 5.97 Å². The quantitative estimate of drug-likeness (QED) is 0.199. The summed E-state index contributed by atoms with van der Waals surface area (Å²) in [6.07, 6.45) is -2.65. The van der Waals surface area contributed by atoms with E-state index in [1.165, 1.54) is 0 Å². The van der Waals surface area contributed by atoms with Crippen LogP contribution in [-0.2, 0) is 44.7 Å². The molecule has 0 spiro atoms. The summed E-state index contributed by atoms with van der Waals surface area (Å²) in [5.74, 6) is -1.56. The van der Waals surface area contributed by atoms with Gasteiger partial charge in [0.2, 0.25) is 5.91 Å². The van der Waals surface area contributed by atoms with Gasteiger partial charge in [-0.25, -0.2) is 0 Å². The number of carbonyl (C=O) groups is 3. The third kappa shape index (κ3) is 9.13. The Bertz CT molecular complexity index is 1250. The van der Waals surface area contributed by atoms with Crippen LogP contribution < -0.4 is 10.0 Å². The number of Topliss-reactive ketones (excluding diaryl/α,β-unsaturated/α-hetero) is 1. The van der Waals surface area contributed by atoms with E-state index < -0.39 is 82.2 Å². The molecule has 3 N–H and O–H groups in total.